The third-order valence-corrected chi connectivity index (χ3v) is 7.32. The maximum atomic E-state index is 13.2. The van der Waals surface area contributed by atoms with Gasteiger partial charge in [-0.05, 0) is 44.9 Å². The predicted molar refractivity (Wildman–Crippen MR) is 127 cm³/mol. The quantitative estimate of drug-likeness (QED) is 0.325. The second-order valence-electron chi connectivity index (χ2n) is 7.93. The molecule has 0 radical (unpaired) electrons. The van der Waals surface area contributed by atoms with E-state index in [4.69, 9.17) is 26.0 Å². The molecule has 34 heavy (non-hydrogen) atoms. The summed E-state index contributed by atoms with van der Waals surface area (Å²) < 4.78 is 40.2. The number of hydrogen-bond acceptors (Lipinski definition) is 8. The molecule has 3 heterocycles. The molecule has 2 aromatic heterocycles. The fourth-order valence-corrected chi connectivity index (χ4v) is 5.30. The van der Waals surface area contributed by atoms with Gasteiger partial charge in [-0.3, -0.25) is 14.7 Å². The lowest BCUT2D eigenvalue weighted by molar-refractivity contribution is 0.0458. The lowest BCUT2D eigenvalue weighted by Gasteiger charge is -2.33. The van der Waals surface area contributed by atoms with Crippen molar-refractivity contribution >= 4 is 50.0 Å². The maximum absolute atomic E-state index is 13.2. The first-order chi connectivity index (χ1) is 16.2. The maximum Gasteiger partial charge on any atom is 0.310 e. The number of carbonyl (C=O) groups excluding carboxylic acids is 1. The molecule has 0 bridgehead atoms. The molecule has 1 aliphatic heterocycles. The lowest BCUT2D eigenvalue weighted by atomic mass is 10.1. The predicted octanol–water partition coefficient (Wildman–Crippen LogP) is 3.71. The van der Waals surface area contributed by atoms with Gasteiger partial charge in [0.2, 0.25) is 0 Å². The Labute approximate surface area is 201 Å². The fraction of sp³-hybridized carbons (Fsp3) is 0.364. The third kappa shape index (κ3) is 4.83. The Morgan fingerprint density at radius 3 is 2.74 bits per heavy atom. The van der Waals surface area contributed by atoms with Crippen molar-refractivity contribution in [1.82, 2.24) is 10.5 Å². The largest absolute Gasteiger partial charge is 0.450 e. The molecule has 1 amide bonds. The molecule has 1 aliphatic rings. The van der Waals surface area contributed by atoms with Crippen LogP contribution in [0.2, 0.25) is 5.02 Å². The number of hydrogen-bond donors (Lipinski definition) is 3. The van der Waals surface area contributed by atoms with E-state index in [0.29, 0.717) is 41.5 Å². The minimum absolute atomic E-state index is 0.0642. The van der Waals surface area contributed by atoms with E-state index < -0.39 is 15.9 Å². The average Bonchev–Trinajstić information content (AvgIpc) is 3.15. The number of nitrogens with one attached hydrogen (secondary N) is 2. The second kappa shape index (κ2) is 9.79. The molecular weight excluding hydrogens is 484 g/mol. The number of fused-ring (bicyclic) bond motifs is 1. The van der Waals surface area contributed by atoms with Crippen molar-refractivity contribution in [2.24, 2.45) is 0 Å². The summed E-state index contributed by atoms with van der Waals surface area (Å²) in [7, 11) is -4.04. The molecule has 0 atom stereocenters. The number of amides is 1. The number of furan rings is 1. The van der Waals surface area contributed by atoms with E-state index >= 15 is 0 Å². The van der Waals surface area contributed by atoms with E-state index in [9.17, 15) is 13.2 Å². The van der Waals surface area contributed by atoms with Gasteiger partial charge in [0, 0.05) is 42.9 Å². The number of aromatic nitrogens is 1. The first-order valence-electron chi connectivity index (χ1n) is 10.8. The molecule has 0 aliphatic carbocycles. The average molecular weight is 509 g/mol. The van der Waals surface area contributed by atoms with Crippen LogP contribution in [0.25, 0.3) is 11.0 Å². The Morgan fingerprint density at radius 1 is 1.32 bits per heavy atom. The molecule has 0 saturated carbocycles. The van der Waals surface area contributed by atoms with Crippen LogP contribution in [0.3, 0.4) is 0 Å². The first kappa shape index (κ1) is 24.3. The van der Waals surface area contributed by atoms with Crippen molar-refractivity contribution in [3.05, 3.63) is 46.8 Å². The van der Waals surface area contributed by atoms with Crippen molar-refractivity contribution in [3.63, 3.8) is 0 Å². The van der Waals surface area contributed by atoms with Crippen LogP contribution < -0.4 is 15.1 Å². The van der Waals surface area contributed by atoms with Crippen LogP contribution in [-0.2, 0) is 14.8 Å². The Kier molecular flexibility index (Phi) is 6.99. The van der Waals surface area contributed by atoms with Crippen LogP contribution in [0.4, 0.5) is 11.5 Å². The van der Waals surface area contributed by atoms with E-state index in [2.05, 4.69) is 9.71 Å². The molecule has 1 fully saturated rings. The number of sulfonamides is 1. The minimum atomic E-state index is -4.04. The minimum Gasteiger partial charge on any atom is -0.450 e. The molecule has 0 unspecified atom stereocenters. The summed E-state index contributed by atoms with van der Waals surface area (Å²) in [6, 6.07) is 5.81. The molecule has 182 valence electrons. The highest BCUT2D eigenvalue weighted by Gasteiger charge is 2.26. The van der Waals surface area contributed by atoms with E-state index in [1.807, 2.05) is 11.8 Å². The summed E-state index contributed by atoms with van der Waals surface area (Å²) in [6.07, 6.45) is 3.27. The standard InChI is InChI=1S/C22H25ClN4O6S/c1-3-32-15-6-8-27(9-7-15)21-18(10-14(23)12-24-21)26-34(30,31)16-4-5-17-13(2)20(22(28)25-29)33-19(17)11-16/h4-5,10-12,15,26,29H,3,6-9H2,1-2H3,(H,25,28). The highest BCUT2D eigenvalue weighted by molar-refractivity contribution is 7.92. The number of aryl methyl sites for hydroxylation is 1. The SMILES string of the molecule is CCOC1CCN(c2ncc(Cl)cc2NS(=O)(=O)c2ccc3c(C)c(C(=O)NO)oc3c2)CC1. The number of piperidine rings is 1. The van der Waals surface area contributed by atoms with Crippen LogP contribution in [-0.4, -0.2) is 50.3 Å². The zero-order chi connectivity index (χ0) is 24.5. The Bertz CT molecular complexity index is 1320. The van der Waals surface area contributed by atoms with E-state index in [0.717, 1.165) is 12.8 Å². The van der Waals surface area contributed by atoms with Gasteiger partial charge in [0.25, 0.3) is 10.0 Å². The Balaban J connectivity index is 1.63. The number of hydroxylamine groups is 1. The zero-order valence-electron chi connectivity index (χ0n) is 18.7. The highest BCUT2D eigenvalue weighted by Crippen LogP contribution is 2.32. The van der Waals surface area contributed by atoms with Crippen LogP contribution in [0.15, 0.2) is 39.8 Å². The normalized spacial score (nSPS) is 15.0. The number of pyridine rings is 1. The molecule has 4 rings (SSSR count). The monoisotopic (exact) mass is 508 g/mol. The van der Waals surface area contributed by atoms with Gasteiger partial charge >= 0.3 is 5.91 Å². The first-order valence-corrected chi connectivity index (χ1v) is 12.6. The molecule has 1 saturated heterocycles. The van der Waals surface area contributed by atoms with E-state index in [1.165, 1.54) is 29.9 Å². The van der Waals surface area contributed by atoms with Gasteiger partial charge in [0.05, 0.1) is 21.7 Å². The molecule has 3 N–H and O–H groups in total. The fourth-order valence-electron chi connectivity index (χ4n) is 4.07. The number of ether oxygens (including phenoxy) is 1. The number of nitrogens with zero attached hydrogens (tertiary/aromatic N) is 2. The smallest absolute Gasteiger partial charge is 0.310 e. The Morgan fingerprint density at radius 2 is 2.06 bits per heavy atom. The van der Waals surface area contributed by atoms with Crippen molar-refractivity contribution in [2.75, 3.05) is 29.3 Å². The van der Waals surface area contributed by atoms with Gasteiger partial charge in [0.15, 0.2) is 11.6 Å². The number of benzene rings is 1. The molecule has 1 aromatic carbocycles. The molecular formula is C22H25ClN4O6S. The molecule has 10 nitrogen and oxygen atoms in total. The number of halogens is 1. The molecule has 12 heteroatoms. The summed E-state index contributed by atoms with van der Waals surface area (Å²) in [4.78, 5) is 18.1. The van der Waals surface area contributed by atoms with Crippen molar-refractivity contribution < 1.29 is 27.6 Å². The number of carbonyl (C=O) groups is 1. The van der Waals surface area contributed by atoms with E-state index in [-0.39, 0.29) is 28.0 Å². The van der Waals surface area contributed by atoms with Gasteiger partial charge in [-0.25, -0.2) is 18.9 Å². The summed E-state index contributed by atoms with van der Waals surface area (Å²) in [5, 5.41) is 9.74. The number of anilines is 2. The van der Waals surface area contributed by atoms with Crippen molar-refractivity contribution in [1.29, 1.82) is 0 Å². The van der Waals surface area contributed by atoms with Gasteiger partial charge < -0.3 is 14.1 Å². The molecule has 0 spiro atoms. The summed E-state index contributed by atoms with van der Waals surface area (Å²) in [6.45, 7) is 5.59. The summed E-state index contributed by atoms with van der Waals surface area (Å²) in [5.74, 6) is -0.435. The van der Waals surface area contributed by atoms with Gasteiger partial charge in [-0.1, -0.05) is 11.6 Å². The summed E-state index contributed by atoms with van der Waals surface area (Å²) >= 11 is 6.13. The van der Waals surface area contributed by atoms with E-state index in [1.54, 1.807) is 13.0 Å². The van der Waals surface area contributed by atoms with Crippen LogP contribution in [0, 0.1) is 6.92 Å². The topological polar surface area (TPSA) is 134 Å². The highest BCUT2D eigenvalue weighted by atomic mass is 35.5. The van der Waals surface area contributed by atoms with Gasteiger partial charge in [0.1, 0.15) is 5.58 Å². The third-order valence-electron chi connectivity index (χ3n) is 5.75. The molecule has 3 aromatic rings. The second-order valence-corrected chi connectivity index (χ2v) is 10.0. The summed E-state index contributed by atoms with van der Waals surface area (Å²) in [5.41, 5.74) is 2.46. The van der Waals surface area contributed by atoms with Gasteiger partial charge in [-0.15, -0.1) is 0 Å². The van der Waals surface area contributed by atoms with Gasteiger partial charge in [-0.2, -0.15) is 0 Å². The number of rotatable bonds is 7. The zero-order valence-corrected chi connectivity index (χ0v) is 20.2. The van der Waals surface area contributed by atoms with Crippen LogP contribution in [0.1, 0.15) is 35.9 Å². The van der Waals surface area contributed by atoms with Crippen LogP contribution in [0.5, 0.6) is 0 Å². The van der Waals surface area contributed by atoms with Crippen molar-refractivity contribution in [3.8, 4) is 0 Å². The van der Waals surface area contributed by atoms with Crippen LogP contribution >= 0.6 is 11.6 Å². The van der Waals surface area contributed by atoms with Crippen molar-refractivity contribution in [2.45, 2.75) is 37.7 Å². The Hall–Kier alpha value is -2.86. The lowest BCUT2D eigenvalue weighted by Crippen LogP contribution is -2.38.